The molecular weight excluding hydrogens is 269 g/mol. The van der Waals surface area contributed by atoms with E-state index >= 15 is 0 Å². The summed E-state index contributed by atoms with van der Waals surface area (Å²) in [5.74, 6) is 1.36. The minimum atomic E-state index is -1.42. The molecule has 4 heteroatoms. The second-order valence-electron chi connectivity index (χ2n) is 6.77. The quantitative estimate of drug-likeness (QED) is 0.922. The number of fused-ring (bicyclic) bond motifs is 1. The molecule has 0 radical (unpaired) electrons. The van der Waals surface area contributed by atoms with Crippen LogP contribution in [0.25, 0.3) is 0 Å². The standard InChI is InChI=1S/C17H24FNO2/c1-16(2,18)12-8-14-15(21-11-20-14)9-13(12)17(10-19)6-4-3-5-7-17/h8-9H,3-7,10-11,19H2,1-2H3. The van der Waals surface area contributed by atoms with Gasteiger partial charge in [0.1, 0.15) is 5.67 Å². The van der Waals surface area contributed by atoms with Crippen LogP contribution in [-0.2, 0) is 11.1 Å². The van der Waals surface area contributed by atoms with Gasteiger partial charge >= 0.3 is 0 Å². The fourth-order valence-corrected chi connectivity index (χ4v) is 3.68. The zero-order chi connectivity index (χ0) is 15.1. The van der Waals surface area contributed by atoms with Gasteiger partial charge in [0.05, 0.1) is 0 Å². The monoisotopic (exact) mass is 293 g/mol. The predicted molar refractivity (Wildman–Crippen MR) is 80.5 cm³/mol. The molecule has 21 heavy (non-hydrogen) atoms. The molecule has 1 aromatic carbocycles. The van der Waals surface area contributed by atoms with Crippen molar-refractivity contribution < 1.29 is 13.9 Å². The van der Waals surface area contributed by atoms with Crippen molar-refractivity contribution in [2.45, 2.75) is 57.0 Å². The molecule has 2 N–H and O–H groups in total. The molecule has 0 saturated heterocycles. The lowest BCUT2D eigenvalue weighted by atomic mass is 9.67. The lowest BCUT2D eigenvalue weighted by Crippen LogP contribution is -2.39. The Kier molecular flexibility index (Phi) is 3.60. The smallest absolute Gasteiger partial charge is 0.231 e. The molecule has 1 heterocycles. The van der Waals surface area contributed by atoms with E-state index in [0.29, 0.717) is 17.9 Å². The molecule has 1 aromatic rings. The van der Waals surface area contributed by atoms with Crippen molar-refractivity contribution in [3.05, 3.63) is 23.3 Å². The van der Waals surface area contributed by atoms with Crippen LogP contribution in [0.4, 0.5) is 4.39 Å². The van der Waals surface area contributed by atoms with E-state index in [1.807, 2.05) is 12.1 Å². The van der Waals surface area contributed by atoms with Crippen molar-refractivity contribution >= 4 is 0 Å². The van der Waals surface area contributed by atoms with E-state index in [0.717, 1.165) is 37.0 Å². The normalized spacial score (nSPS) is 20.6. The van der Waals surface area contributed by atoms with Gasteiger partial charge in [0, 0.05) is 12.0 Å². The van der Waals surface area contributed by atoms with Gasteiger partial charge in [-0.2, -0.15) is 0 Å². The zero-order valence-corrected chi connectivity index (χ0v) is 12.9. The van der Waals surface area contributed by atoms with Gasteiger partial charge in [-0.05, 0) is 49.9 Å². The van der Waals surface area contributed by atoms with Gasteiger partial charge in [-0.1, -0.05) is 19.3 Å². The van der Waals surface area contributed by atoms with Crippen molar-refractivity contribution in [2.75, 3.05) is 13.3 Å². The lowest BCUT2D eigenvalue weighted by molar-refractivity contribution is 0.173. The summed E-state index contributed by atoms with van der Waals surface area (Å²) in [6, 6.07) is 3.78. The van der Waals surface area contributed by atoms with Gasteiger partial charge in [0.25, 0.3) is 0 Å². The van der Waals surface area contributed by atoms with Crippen LogP contribution in [0.2, 0.25) is 0 Å². The Balaban J connectivity index is 2.15. The number of halogens is 1. The summed E-state index contributed by atoms with van der Waals surface area (Å²) in [6.07, 6.45) is 5.58. The Morgan fingerprint density at radius 2 is 1.76 bits per heavy atom. The molecule has 0 atom stereocenters. The number of alkyl halides is 1. The van der Waals surface area contributed by atoms with E-state index in [2.05, 4.69) is 0 Å². The van der Waals surface area contributed by atoms with Crippen molar-refractivity contribution in [3.63, 3.8) is 0 Å². The van der Waals surface area contributed by atoms with Crippen molar-refractivity contribution in [1.29, 1.82) is 0 Å². The molecule has 0 unspecified atom stereocenters. The minimum Gasteiger partial charge on any atom is -0.454 e. The molecule has 1 aliphatic carbocycles. The average Bonchev–Trinajstić information content (AvgIpc) is 2.93. The molecule has 1 fully saturated rings. The molecule has 3 rings (SSSR count). The van der Waals surface area contributed by atoms with Gasteiger partial charge in [-0.3, -0.25) is 0 Å². The van der Waals surface area contributed by atoms with Crippen molar-refractivity contribution in [2.24, 2.45) is 5.73 Å². The van der Waals surface area contributed by atoms with E-state index in [-0.39, 0.29) is 12.2 Å². The molecule has 3 nitrogen and oxygen atoms in total. The summed E-state index contributed by atoms with van der Waals surface area (Å²) in [5.41, 5.74) is 6.29. The van der Waals surface area contributed by atoms with Crippen LogP contribution < -0.4 is 15.2 Å². The van der Waals surface area contributed by atoms with E-state index in [1.165, 1.54) is 6.42 Å². The topological polar surface area (TPSA) is 44.5 Å². The van der Waals surface area contributed by atoms with E-state index < -0.39 is 5.67 Å². The first-order valence-electron chi connectivity index (χ1n) is 7.80. The van der Waals surface area contributed by atoms with Gasteiger partial charge < -0.3 is 15.2 Å². The Bertz CT molecular complexity index is 530. The second kappa shape index (κ2) is 5.16. The van der Waals surface area contributed by atoms with Gasteiger partial charge in [-0.15, -0.1) is 0 Å². The zero-order valence-electron chi connectivity index (χ0n) is 12.9. The lowest BCUT2D eigenvalue weighted by Gasteiger charge is -2.39. The first-order valence-corrected chi connectivity index (χ1v) is 7.80. The molecule has 0 aromatic heterocycles. The molecule has 116 valence electrons. The Morgan fingerprint density at radius 3 is 2.33 bits per heavy atom. The maximum absolute atomic E-state index is 14.8. The number of benzene rings is 1. The molecule has 0 amide bonds. The Morgan fingerprint density at radius 1 is 1.14 bits per heavy atom. The molecule has 2 aliphatic rings. The molecule has 0 spiro atoms. The summed E-state index contributed by atoms with van der Waals surface area (Å²) >= 11 is 0. The summed E-state index contributed by atoms with van der Waals surface area (Å²) in [5, 5.41) is 0. The maximum atomic E-state index is 14.8. The molecule has 0 bridgehead atoms. The van der Waals surface area contributed by atoms with Crippen LogP contribution in [0, 0.1) is 0 Å². The van der Waals surface area contributed by atoms with E-state index in [9.17, 15) is 4.39 Å². The second-order valence-corrected chi connectivity index (χ2v) is 6.77. The predicted octanol–water partition coefficient (Wildman–Crippen LogP) is 3.78. The largest absolute Gasteiger partial charge is 0.454 e. The summed E-state index contributed by atoms with van der Waals surface area (Å²) in [4.78, 5) is 0. The van der Waals surface area contributed by atoms with Crippen LogP contribution in [0.15, 0.2) is 12.1 Å². The van der Waals surface area contributed by atoms with Gasteiger partial charge in [-0.25, -0.2) is 4.39 Å². The first-order chi connectivity index (χ1) is 9.96. The molecule has 1 saturated carbocycles. The molecule has 1 aliphatic heterocycles. The third-order valence-corrected chi connectivity index (χ3v) is 4.93. The van der Waals surface area contributed by atoms with Crippen LogP contribution in [0.3, 0.4) is 0 Å². The van der Waals surface area contributed by atoms with Crippen LogP contribution in [0.5, 0.6) is 11.5 Å². The summed E-state index contributed by atoms with van der Waals surface area (Å²) < 4.78 is 25.7. The highest BCUT2D eigenvalue weighted by molar-refractivity contribution is 5.53. The highest BCUT2D eigenvalue weighted by Crippen LogP contribution is 2.48. The van der Waals surface area contributed by atoms with E-state index in [4.69, 9.17) is 15.2 Å². The third kappa shape index (κ3) is 2.50. The van der Waals surface area contributed by atoms with E-state index in [1.54, 1.807) is 13.8 Å². The number of ether oxygens (including phenoxy) is 2. The number of nitrogens with two attached hydrogens (primary N) is 1. The molecular formula is C17H24FNO2. The Labute approximate surface area is 125 Å². The van der Waals surface area contributed by atoms with Crippen molar-refractivity contribution in [3.8, 4) is 11.5 Å². The summed E-state index contributed by atoms with van der Waals surface area (Å²) in [6.45, 7) is 3.96. The minimum absolute atomic E-state index is 0.127. The number of hydrogen-bond acceptors (Lipinski definition) is 3. The number of hydrogen-bond donors (Lipinski definition) is 1. The highest BCUT2D eigenvalue weighted by atomic mass is 19.1. The summed E-state index contributed by atoms with van der Waals surface area (Å²) in [7, 11) is 0. The Hall–Kier alpha value is -1.29. The van der Waals surface area contributed by atoms with Crippen LogP contribution >= 0.6 is 0 Å². The fraction of sp³-hybridized carbons (Fsp3) is 0.647. The number of rotatable bonds is 3. The highest BCUT2D eigenvalue weighted by Gasteiger charge is 2.39. The van der Waals surface area contributed by atoms with Crippen LogP contribution in [-0.4, -0.2) is 13.3 Å². The maximum Gasteiger partial charge on any atom is 0.231 e. The third-order valence-electron chi connectivity index (χ3n) is 4.93. The fourth-order valence-electron chi connectivity index (χ4n) is 3.68. The van der Waals surface area contributed by atoms with Gasteiger partial charge in [0.15, 0.2) is 11.5 Å². The average molecular weight is 293 g/mol. The SMILES string of the molecule is CC(C)(F)c1cc2c(cc1C1(CN)CCCCC1)OCO2. The van der Waals surface area contributed by atoms with Gasteiger partial charge in [0.2, 0.25) is 6.79 Å². The van der Waals surface area contributed by atoms with Crippen molar-refractivity contribution in [1.82, 2.24) is 0 Å². The first kappa shape index (κ1) is 14.6. The van der Waals surface area contributed by atoms with Crippen LogP contribution in [0.1, 0.15) is 57.1 Å².